The maximum absolute atomic E-state index is 12.6. The van der Waals surface area contributed by atoms with E-state index in [1.165, 1.54) is 23.8 Å². The smallest absolute Gasteiger partial charge is 0.408 e. The molecule has 1 aromatic heterocycles. The van der Waals surface area contributed by atoms with E-state index in [0.717, 1.165) is 32.5 Å². The minimum atomic E-state index is -3.65. The van der Waals surface area contributed by atoms with E-state index in [9.17, 15) is 13.2 Å². The second-order valence-electron chi connectivity index (χ2n) is 7.22. The molecule has 0 radical (unpaired) electrons. The first-order chi connectivity index (χ1) is 13.5. The molecule has 2 aromatic carbocycles. The van der Waals surface area contributed by atoms with Crippen molar-refractivity contribution in [3.8, 4) is 0 Å². The fourth-order valence-electron chi connectivity index (χ4n) is 3.62. The van der Waals surface area contributed by atoms with Crippen molar-refractivity contribution in [1.29, 1.82) is 0 Å². The summed E-state index contributed by atoms with van der Waals surface area (Å²) in [6.07, 6.45) is 1.98. The summed E-state index contributed by atoms with van der Waals surface area (Å²) >= 11 is 0. The Morgan fingerprint density at radius 1 is 1.18 bits per heavy atom. The first-order valence-electron chi connectivity index (χ1n) is 9.38. The van der Waals surface area contributed by atoms with Crippen molar-refractivity contribution in [3.05, 3.63) is 64.6 Å². The molecule has 1 fully saturated rings. The number of fused-ring (bicyclic) bond motifs is 1. The third-order valence-electron chi connectivity index (χ3n) is 5.19. The molecule has 1 aliphatic heterocycles. The molecule has 28 heavy (non-hydrogen) atoms. The van der Waals surface area contributed by atoms with Crippen LogP contribution in [0.15, 0.2) is 62.6 Å². The highest BCUT2D eigenvalue weighted by molar-refractivity contribution is 7.89. The van der Waals surface area contributed by atoms with Crippen LogP contribution in [0.1, 0.15) is 12.0 Å². The van der Waals surface area contributed by atoms with Gasteiger partial charge in [0.25, 0.3) is 0 Å². The maximum atomic E-state index is 12.6. The van der Waals surface area contributed by atoms with Crippen molar-refractivity contribution in [2.24, 2.45) is 5.92 Å². The highest BCUT2D eigenvalue weighted by Crippen LogP contribution is 2.19. The molecular formula is C20H23N3O4S. The molecule has 0 aliphatic carbocycles. The van der Waals surface area contributed by atoms with E-state index in [2.05, 4.69) is 26.7 Å². The molecule has 0 spiro atoms. The second-order valence-corrected chi connectivity index (χ2v) is 8.98. The molecule has 1 saturated heterocycles. The van der Waals surface area contributed by atoms with Crippen molar-refractivity contribution in [3.63, 3.8) is 0 Å². The number of likely N-dealkylation sites (tertiary alicyclic amines) is 1. The summed E-state index contributed by atoms with van der Waals surface area (Å²) in [7, 11) is -3.65. The van der Waals surface area contributed by atoms with E-state index >= 15 is 0 Å². The van der Waals surface area contributed by atoms with Gasteiger partial charge in [0.2, 0.25) is 10.0 Å². The lowest BCUT2D eigenvalue weighted by molar-refractivity contribution is 0.328. The van der Waals surface area contributed by atoms with Crippen LogP contribution < -0.4 is 10.5 Å². The number of aromatic amines is 1. The second kappa shape index (κ2) is 7.90. The van der Waals surface area contributed by atoms with Gasteiger partial charge in [-0.15, -0.1) is 0 Å². The monoisotopic (exact) mass is 401 g/mol. The summed E-state index contributed by atoms with van der Waals surface area (Å²) in [5.74, 6) is -0.307. The molecule has 2 N–H and O–H groups in total. The Morgan fingerprint density at radius 3 is 2.82 bits per heavy atom. The van der Waals surface area contributed by atoms with E-state index in [4.69, 9.17) is 4.42 Å². The first-order valence-corrected chi connectivity index (χ1v) is 10.9. The summed E-state index contributed by atoms with van der Waals surface area (Å²) in [4.78, 5) is 16.2. The molecule has 148 valence electrons. The molecule has 4 rings (SSSR count). The van der Waals surface area contributed by atoms with Crippen LogP contribution in [0.5, 0.6) is 0 Å². The molecular weight excluding hydrogens is 378 g/mol. The normalized spacial score (nSPS) is 18.1. The lowest BCUT2D eigenvalue weighted by Crippen LogP contribution is -2.31. The standard InChI is InChI=1S/C20H23N3O4S/c24-20-22-18-7-6-17(12-19(18)27-20)28(25,26)21-13-16-9-11-23(14-16)10-8-15-4-2-1-3-5-15/h1-7,12,16,21H,8-11,13-14H2,(H,22,24)/t16-/m0/s1. The summed E-state index contributed by atoms with van der Waals surface area (Å²) < 4.78 is 32.8. The molecule has 0 bridgehead atoms. The van der Waals surface area contributed by atoms with Gasteiger partial charge in [-0.3, -0.25) is 4.98 Å². The predicted molar refractivity (Wildman–Crippen MR) is 107 cm³/mol. The van der Waals surface area contributed by atoms with Gasteiger partial charge in [0.05, 0.1) is 10.4 Å². The zero-order chi connectivity index (χ0) is 19.6. The Bertz CT molecular complexity index is 1110. The number of nitrogens with zero attached hydrogens (tertiary/aromatic N) is 1. The SMILES string of the molecule is O=c1[nH]c2ccc(S(=O)(=O)NC[C@@H]3CCN(CCc4ccccc4)C3)cc2o1. The van der Waals surface area contributed by atoms with Crippen LogP contribution in [0.25, 0.3) is 11.1 Å². The average Bonchev–Trinajstić information content (AvgIpc) is 3.30. The van der Waals surface area contributed by atoms with E-state index in [0.29, 0.717) is 18.0 Å². The Labute approximate surface area is 163 Å². The van der Waals surface area contributed by atoms with Gasteiger partial charge in [0.15, 0.2) is 5.58 Å². The quantitative estimate of drug-likeness (QED) is 0.631. The topological polar surface area (TPSA) is 95.4 Å². The first kappa shape index (κ1) is 18.9. The van der Waals surface area contributed by atoms with E-state index in [-0.39, 0.29) is 10.5 Å². The van der Waals surface area contributed by atoms with Gasteiger partial charge in [-0.2, -0.15) is 0 Å². The Morgan fingerprint density at radius 2 is 2.00 bits per heavy atom. The van der Waals surface area contributed by atoms with Crippen LogP contribution in [0.2, 0.25) is 0 Å². The van der Waals surface area contributed by atoms with Gasteiger partial charge in [-0.05, 0) is 43.0 Å². The van der Waals surface area contributed by atoms with Crippen LogP contribution in [0, 0.1) is 5.92 Å². The van der Waals surface area contributed by atoms with Gasteiger partial charge in [0, 0.05) is 25.7 Å². The number of nitrogens with one attached hydrogen (secondary N) is 2. The molecule has 0 unspecified atom stereocenters. The fraction of sp³-hybridized carbons (Fsp3) is 0.350. The average molecular weight is 401 g/mol. The van der Waals surface area contributed by atoms with E-state index in [1.54, 1.807) is 0 Å². The fourth-order valence-corrected chi connectivity index (χ4v) is 4.75. The van der Waals surface area contributed by atoms with Gasteiger partial charge < -0.3 is 9.32 Å². The van der Waals surface area contributed by atoms with Crippen molar-refractivity contribution < 1.29 is 12.8 Å². The Kier molecular flexibility index (Phi) is 5.34. The molecule has 3 aromatic rings. The summed E-state index contributed by atoms with van der Waals surface area (Å²) in [6, 6.07) is 14.8. The number of hydrogen-bond donors (Lipinski definition) is 2. The summed E-state index contributed by atoms with van der Waals surface area (Å²) in [5.41, 5.74) is 2.04. The van der Waals surface area contributed by atoms with Crippen molar-refractivity contribution in [2.45, 2.75) is 17.7 Å². The highest BCUT2D eigenvalue weighted by atomic mass is 32.2. The number of benzene rings is 2. The Balaban J connectivity index is 1.31. The summed E-state index contributed by atoms with van der Waals surface area (Å²) in [5, 5.41) is 0. The van der Waals surface area contributed by atoms with Gasteiger partial charge in [-0.1, -0.05) is 30.3 Å². The van der Waals surface area contributed by atoms with Gasteiger partial charge in [-0.25, -0.2) is 17.9 Å². The zero-order valence-electron chi connectivity index (χ0n) is 15.4. The molecule has 7 nitrogen and oxygen atoms in total. The number of aromatic nitrogens is 1. The van der Waals surface area contributed by atoms with Gasteiger partial charge in [0.1, 0.15) is 0 Å². The Hall–Kier alpha value is -2.42. The molecule has 1 atom stereocenters. The molecule has 0 saturated carbocycles. The van der Waals surface area contributed by atoms with Crippen molar-refractivity contribution >= 4 is 21.1 Å². The number of oxazole rings is 1. The van der Waals surface area contributed by atoms with Crippen LogP contribution in [-0.2, 0) is 16.4 Å². The van der Waals surface area contributed by atoms with Crippen molar-refractivity contribution in [1.82, 2.24) is 14.6 Å². The van der Waals surface area contributed by atoms with E-state index < -0.39 is 15.8 Å². The summed E-state index contributed by atoms with van der Waals surface area (Å²) in [6.45, 7) is 3.26. The lowest BCUT2D eigenvalue weighted by atomic mass is 10.1. The molecule has 1 aliphatic rings. The largest absolute Gasteiger partial charge is 0.417 e. The zero-order valence-corrected chi connectivity index (χ0v) is 16.2. The number of H-pyrrole nitrogens is 1. The highest BCUT2D eigenvalue weighted by Gasteiger charge is 2.24. The van der Waals surface area contributed by atoms with Crippen LogP contribution in [0.3, 0.4) is 0 Å². The lowest BCUT2D eigenvalue weighted by Gasteiger charge is -2.16. The molecule has 8 heteroatoms. The molecule has 0 amide bonds. The third-order valence-corrected chi connectivity index (χ3v) is 6.62. The van der Waals surface area contributed by atoms with Crippen molar-refractivity contribution in [2.75, 3.05) is 26.2 Å². The minimum Gasteiger partial charge on any atom is -0.408 e. The van der Waals surface area contributed by atoms with Crippen LogP contribution in [0.4, 0.5) is 0 Å². The number of sulfonamides is 1. The number of hydrogen-bond acceptors (Lipinski definition) is 5. The predicted octanol–water partition coefficient (Wildman–Crippen LogP) is 1.96. The van der Waals surface area contributed by atoms with E-state index in [1.807, 2.05) is 18.2 Å². The van der Waals surface area contributed by atoms with Gasteiger partial charge >= 0.3 is 5.76 Å². The number of rotatable bonds is 7. The van der Waals surface area contributed by atoms with Crippen LogP contribution >= 0.6 is 0 Å². The van der Waals surface area contributed by atoms with Crippen LogP contribution in [-0.4, -0.2) is 44.5 Å². The minimum absolute atomic E-state index is 0.0988. The third kappa shape index (κ3) is 4.35. The maximum Gasteiger partial charge on any atom is 0.417 e. The molecule has 2 heterocycles.